The van der Waals surface area contributed by atoms with Crippen LogP contribution in [0, 0.1) is 17.2 Å². The number of nitrogens with one attached hydrogen (secondary N) is 1. The minimum Gasteiger partial charge on any atom is -0.392 e. The molecule has 1 amide bonds. The molecule has 122 valence electrons. The third-order valence-corrected chi connectivity index (χ3v) is 8.00. The summed E-state index contributed by atoms with van der Waals surface area (Å²) in [5.41, 5.74) is 6.65. The van der Waals surface area contributed by atoms with Crippen LogP contribution in [0.3, 0.4) is 0 Å². The highest BCUT2D eigenvalue weighted by molar-refractivity contribution is 8.23. The molecule has 4 N–H and O–H groups in total. The number of aliphatic hydroxyl groups excluding tert-OH is 1. The second-order valence-corrected chi connectivity index (χ2v) is 8.99. The Morgan fingerprint density at radius 1 is 1.59 bits per heavy atom. The van der Waals surface area contributed by atoms with Gasteiger partial charge in [0.2, 0.25) is 5.91 Å². The Morgan fingerprint density at radius 2 is 2.32 bits per heavy atom. The number of carbonyl (C=O) groups is 1. The molecule has 0 aromatic heterocycles. The van der Waals surface area contributed by atoms with Crippen LogP contribution in [0.2, 0.25) is 0 Å². The number of rotatable bonds is 5. The largest absolute Gasteiger partial charge is 0.392 e. The monoisotopic (exact) mass is 341 g/mol. The standard InChI is InChI=1S/C15H23N3O2S2/c1-3-10(19)11-13(20)18-7(2)15(22-14(11)18)21-9-5-4-8(6-9)12(16)17/h8-11,14,19H,3-6H2,1-2H3,(H3,16,17)/t8-,9+,10-,11+,14+/m0/s1. The molecule has 0 aromatic rings. The summed E-state index contributed by atoms with van der Waals surface area (Å²) in [5, 5.41) is 18.2. The molecular weight excluding hydrogens is 318 g/mol. The van der Waals surface area contributed by atoms with E-state index in [-0.39, 0.29) is 23.1 Å². The number of thioether (sulfide) groups is 2. The topological polar surface area (TPSA) is 90.4 Å². The van der Waals surface area contributed by atoms with Crippen LogP contribution in [-0.4, -0.2) is 38.5 Å². The summed E-state index contributed by atoms with van der Waals surface area (Å²) < 4.78 is 1.21. The van der Waals surface area contributed by atoms with Gasteiger partial charge in [0.1, 0.15) is 5.37 Å². The summed E-state index contributed by atoms with van der Waals surface area (Å²) in [7, 11) is 0. The van der Waals surface area contributed by atoms with E-state index < -0.39 is 6.10 Å². The summed E-state index contributed by atoms with van der Waals surface area (Å²) in [6.07, 6.45) is 3.11. The molecule has 2 aliphatic heterocycles. The lowest BCUT2D eigenvalue weighted by atomic mass is 9.90. The van der Waals surface area contributed by atoms with Crippen LogP contribution < -0.4 is 5.73 Å². The average molecular weight is 342 g/mol. The van der Waals surface area contributed by atoms with Crippen molar-refractivity contribution in [3.05, 3.63) is 9.93 Å². The van der Waals surface area contributed by atoms with E-state index in [0.29, 0.717) is 17.5 Å². The Morgan fingerprint density at radius 3 is 2.91 bits per heavy atom. The molecular formula is C15H23N3O2S2. The zero-order chi connectivity index (χ0) is 16.0. The van der Waals surface area contributed by atoms with Crippen LogP contribution in [0.5, 0.6) is 0 Å². The maximum Gasteiger partial charge on any atom is 0.236 e. The SMILES string of the molecule is CC[C@H](O)[C@@H]1C(=O)N2C(C)=C(S[C@@H]3CC[C@H](C(=N)N)C3)S[C@H]12. The van der Waals surface area contributed by atoms with Gasteiger partial charge < -0.3 is 15.7 Å². The molecule has 1 saturated carbocycles. The third-order valence-electron chi connectivity index (χ3n) is 4.90. The minimum atomic E-state index is -0.535. The molecule has 0 spiro atoms. The molecule has 0 bridgehead atoms. The van der Waals surface area contributed by atoms with Crippen molar-refractivity contribution >= 4 is 35.3 Å². The van der Waals surface area contributed by atoms with Crippen LogP contribution in [0.4, 0.5) is 0 Å². The van der Waals surface area contributed by atoms with Crippen molar-refractivity contribution in [3.63, 3.8) is 0 Å². The Hall–Kier alpha value is -0.660. The number of hydrogen-bond donors (Lipinski definition) is 3. The first-order valence-corrected chi connectivity index (χ1v) is 9.59. The first-order valence-electron chi connectivity index (χ1n) is 7.83. The maximum atomic E-state index is 12.2. The van der Waals surface area contributed by atoms with Crippen molar-refractivity contribution < 1.29 is 9.90 Å². The smallest absolute Gasteiger partial charge is 0.236 e. The summed E-state index contributed by atoms with van der Waals surface area (Å²) in [6, 6.07) is 0. The van der Waals surface area contributed by atoms with Gasteiger partial charge >= 0.3 is 0 Å². The Balaban J connectivity index is 1.64. The number of hydrogen-bond acceptors (Lipinski definition) is 5. The fourth-order valence-electron chi connectivity index (χ4n) is 3.46. The van der Waals surface area contributed by atoms with Gasteiger partial charge in [-0.15, -0.1) is 11.8 Å². The molecule has 0 radical (unpaired) electrons. The normalized spacial score (nSPS) is 35.6. The van der Waals surface area contributed by atoms with Gasteiger partial charge in [-0.05, 0) is 32.6 Å². The van der Waals surface area contributed by atoms with Crippen LogP contribution >= 0.6 is 23.5 Å². The minimum absolute atomic E-state index is 0.0629. The lowest BCUT2D eigenvalue weighted by Gasteiger charge is -2.44. The molecule has 7 heteroatoms. The van der Waals surface area contributed by atoms with Crippen LogP contribution in [0.1, 0.15) is 39.5 Å². The quantitative estimate of drug-likeness (QED) is 0.405. The van der Waals surface area contributed by atoms with Gasteiger partial charge in [0.15, 0.2) is 0 Å². The summed E-state index contributed by atoms with van der Waals surface area (Å²) in [5.74, 6) is 0.334. The molecule has 0 aromatic carbocycles. The van der Waals surface area contributed by atoms with Crippen molar-refractivity contribution in [2.24, 2.45) is 17.6 Å². The molecule has 5 nitrogen and oxygen atoms in total. The highest BCUT2D eigenvalue weighted by Crippen LogP contribution is 2.55. The third kappa shape index (κ3) is 2.57. The van der Waals surface area contributed by atoms with Gasteiger partial charge in [0.25, 0.3) is 0 Å². The summed E-state index contributed by atoms with van der Waals surface area (Å²) in [4.78, 5) is 14.1. The second kappa shape index (κ2) is 6.09. The Labute approximate surface area is 139 Å². The van der Waals surface area contributed by atoms with E-state index in [4.69, 9.17) is 11.1 Å². The fourth-order valence-corrected chi connectivity index (χ4v) is 6.84. The van der Waals surface area contributed by atoms with Gasteiger partial charge in [-0.1, -0.05) is 18.7 Å². The average Bonchev–Trinajstić information content (AvgIpc) is 3.03. The summed E-state index contributed by atoms with van der Waals surface area (Å²) >= 11 is 3.55. The molecule has 3 aliphatic rings. The molecule has 0 unspecified atom stereocenters. The van der Waals surface area contributed by atoms with Crippen molar-refractivity contribution in [2.45, 2.75) is 56.3 Å². The van der Waals surface area contributed by atoms with E-state index in [0.717, 1.165) is 25.0 Å². The van der Waals surface area contributed by atoms with E-state index in [1.807, 2.05) is 30.5 Å². The highest BCUT2D eigenvalue weighted by atomic mass is 32.2. The van der Waals surface area contributed by atoms with Crippen LogP contribution in [0.15, 0.2) is 9.93 Å². The van der Waals surface area contributed by atoms with Crippen molar-refractivity contribution in [1.29, 1.82) is 5.41 Å². The fraction of sp³-hybridized carbons (Fsp3) is 0.733. The number of carbonyl (C=O) groups excluding carboxylic acids is 1. The zero-order valence-electron chi connectivity index (χ0n) is 12.9. The second-order valence-electron chi connectivity index (χ2n) is 6.30. The van der Waals surface area contributed by atoms with Gasteiger partial charge in [0.05, 0.1) is 22.1 Å². The van der Waals surface area contributed by atoms with Gasteiger partial charge in [-0.25, -0.2) is 0 Å². The van der Waals surface area contributed by atoms with E-state index in [2.05, 4.69) is 0 Å². The lowest BCUT2D eigenvalue weighted by Crippen LogP contribution is -2.60. The number of amides is 1. The number of amidine groups is 1. The number of aliphatic hydroxyl groups is 1. The molecule has 22 heavy (non-hydrogen) atoms. The van der Waals surface area contributed by atoms with Crippen LogP contribution in [-0.2, 0) is 4.79 Å². The highest BCUT2D eigenvalue weighted by Gasteiger charge is 2.55. The molecule has 5 atom stereocenters. The number of nitrogens with two attached hydrogens (primary N) is 1. The van der Waals surface area contributed by atoms with E-state index in [1.54, 1.807) is 11.8 Å². The number of β-lactam (4-membered cyclic amide) rings is 1. The Bertz CT molecular complexity index is 537. The number of fused-ring (bicyclic) bond motifs is 1. The Kier molecular flexibility index (Phi) is 4.49. The van der Waals surface area contributed by atoms with Crippen molar-refractivity contribution in [2.75, 3.05) is 0 Å². The molecule has 2 fully saturated rings. The van der Waals surface area contributed by atoms with Crippen molar-refractivity contribution in [1.82, 2.24) is 4.90 Å². The number of allylic oxidation sites excluding steroid dienone is 1. The van der Waals surface area contributed by atoms with Gasteiger partial charge in [-0.2, -0.15) is 0 Å². The molecule has 3 rings (SSSR count). The molecule has 1 saturated heterocycles. The van der Waals surface area contributed by atoms with E-state index in [1.165, 1.54) is 4.24 Å². The lowest BCUT2D eigenvalue weighted by molar-refractivity contribution is -0.153. The van der Waals surface area contributed by atoms with Crippen molar-refractivity contribution in [3.8, 4) is 0 Å². The van der Waals surface area contributed by atoms with E-state index >= 15 is 0 Å². The zero-order valence-corrected chi connectivity index (χ0v) is 14.5. The van der Waals surface area contributed by atoms with E-state index in [9.17, 15) is 9.90 Å². The van der Waals surface area contributed by atoms with Gasteiger partial charge in [-0.3, -0.25) is 10.2 Å². The number of nitrogens with zero attached hydrogens (tertiary/aromatic N) is 1. The predicted octanol–water partition coefficient (Wildman–Crippen LogP) is 2.32. The predicted molar refractivity (Wildman–Crippen MR) is 91.3 cm³/mol. The first-order chi connectivity index (χ1) is 10.4. The maximum absolute atomic E-state index is 12.2. The molecule has 1 aliphatic carbocycles. The van der Waals surface area contributed by atoms with Crippen LogP contribution in [0.25, 0.3) is 0 Å². The first kappa shape index (κ1) is 16.2. The van der Waals surface area contributed by atoms with Gasteiger partial charge in [0, 0.05) is 16.9 Å². The molecule has 2 heterocycles. The summed E-state index contributed by atoms with van der Waals surface area (Å²) in [6.45, 7) is 3.91.